The molecule has 0 atom stereocenters. The number of ether oxygens (including phenoxy) is 3. The number of non-ortho nitro benzene ring substituents is 1. The van der Waals surface area contributed by atoms with Gasteiger partial charge in [-0.1, -0.05) is 6.07 Å². The van der Waals surface area contributed by atoms with Crippen molar-refractivity contribution in [3.8, 4) is 17.2 Å². The standard InChI is InChI=1S/C21H25N3O6/c1-28-18-6-7-20(29-2)16(12-18)14-22-8-10-23(11-9-22)21(25)15-30-19-5-3-4-17(13-19)24(26)27/h3-7,12-13H,8-11,14-15H2,1-2H3. The maximum Gasteiger partial charge on any atom is 0.273 e. The van der Waals surface area contributed by atoms with Crippen LogP contribution in [-0.4, -0.2) is 67.6 Å². The van der Waals surface area contributed by atoms with Crippen molar-refractivity contribution in [2.24, 2.45) is 0 Å². The van der Waals surface area contributed by atoms with Gasteiger partial charge in [0.25, 0.3) is 11.6 Å². The first kappa shape index (κ1) is 21.4. The molecular weight excluding hydrogens is 390 g/mol. The molecule has 1 fully saturated rings. The van der Waals surface area contributed by atoms with E-state index in [0.29, 0.717) is 25.4 Å². The van der Waals surface area contributed by atoms with Crippen LogP contribution in [0.3, 0.4) is 0 Å². The lowest BCUT2D eigenvalue weighted by Crippen LogP contribution is -2.49. The molecule has 2 aromatic rings. The van der Waals surface area contributed by atoms with E-state index in [-0.39, 0.29) is 18.2 Å². The van der Waals surface area contributed by atoms with Gasteiger partial charge in [0, 0.05) is 44.4 Å². The van der Waals surface area contributed by atoms with Crippen molar-refractivity contribution < 1.29 is 23.9 Å². The second-order valence-corrected chi connectivity index (χ2v) is 6.88. The fourth-order valence-electron chi connectivity index (χ4n) is 3.32. The average molecular weight is 415 g/mol. The molecule has 160 valence electrons. The third kappa shape index (κ3) is 5.38. The summed E-state index contributed by atoms with van der Waals surface area (Å²) in [5, 5.41) is 10.8. The molecule has 0 aliphatic carbocycles. The number of piperazine rings is 1. The predicted octanol–water partition coefficient (Wildman–Crippen LogP) is 2.34. The molecule has 1 heterocycles. The maximum absolute atomic E-state index is 12.5. The molecule has 1 saturated heterocycles. The topological polar surface area (TPSA) is 94.4 Å². The summed E-state index contributed by atoms with van der Waals surface area (Å²) in [6, 6.07) is 11.5. The summed E-state index contributed by atoms with van der Waals surface area (Å²) in [5.41, 5.74) is 0.965. The van der Waals surface area contributed by atoms with Gasteiger partial charge in [0.05, 0.1) is 25.2 Å². The highest BCUT2D eigenvalue weighted by atomic mass is 16.6. The second-order valence-electron chi connectivity index (χ2n) is 6.88. The third-order valence-corrected chi connectivity index (χ3v) is 5.00. The van der Waals surface area contributed by atoms with E-state index in [1.165, 1.54) is 18.2 Å². The first-order valence-electron chi connectivity index (χ1n) is 9.58. The number of benzene rings is 2. The Balaban J connectivity index is 1.50. The Morgan fingerprint density at radius 3 is 2.47 bits per heavy atom. The zero-order chi connectivity index (χ0) is 21.5. The molecule has 1 aliphatic rings. The van der Waals surface area contributed by atoms with E-state index in [4.69, 9.17) is 14.2 Å². The number of nitro benzene ring substituents is 1. The Bertz CT molecular complexity index is 896. The Labute approximate surface area is 174 Å². The monoisotopic (exact) mass is 415 g/mol. The number of hydrogen-bond acceptors (Lipinski definition) is 7. The number of methoxy groups -OCH3 is 2. The number of nitro groups is 1. The summed E-state index contributed by atoms with van der Waals surface area (Å²) in [5.74, 6) is 1.75. The van der Waals surface area contributed by atoms with Crippen LogP contribution in [0.2, 0.25) is 0 Å². The maximum atomic E-state index is 12.5. The Morgan fingerprint density at radius 2 is 1.80 bits per heavy atom. The van der Waals surface area contributed by atoms with Crippen LogP contribution >= 0.6 is 0 Å². The van der Waals surface area contributed by atoms with Crippen molar-refractivity contribution in [1.82, 2.24) is 9.80 Å². The molecule has 0 bridgehead atoms. The lowest BCUT2D eigenvalue weighted by molar-refractivity contribution is -0.384. The smallest absolute Gasteiger partial charge is 0.273 e. The number of amides is 1. The molecule has 2 aromatic carbocycles. The lowest BCUT2D eigenvalue weighted by Gasteiger charge is -2.35. The SMILES string of the molecule is COc1ccc(OC)c(CN2CCN(C(=O)COc3cccc([N+](=O)[O-])c3)CC2)c1. The molecule has 0 spiro atoms. The summed E-state index contributed by atoms with van der Waals surface area (Å²) >= 11 is 0. The van der Waals surface area contributed by atoms with E-state index in [9.17, 15) is 14.9 Å². The summed E-state index contributed by atoms with van der Waals surface area (Å²) in [6.45, 7) is 3.18. The molecule has 0 unspecified atom stereocenters. The molecule has 9 heteroatoms. The highest BCUT2D eigenvalue weighted by Gasteiger charge is 2.22. The predicted molar refractivity (Wildman–Crippen MR) is 110 cm³/mol. The fraction of sp³-hybridized carbons (Fsp3) is 0.381. The van der Waals surface area contributed by atoms with Gasteiger partial charge in [-0.3, -0.25) is 19.8 Å². The van der Waals surface area contributed by atoms with Gasteiger partial charge in [0.1, 0.15) is 17.2 Å². The molecule has 0 N–H and O–H groups in total. The van der Waals surface area contributed by atoms with Gasteiger partial charge in [-0.25, -0.2) is 0 Å². The van der Waals surface area contributed by atoms with Crippen LogP contribution in [-0.2, 0) is 11.3 Å². The molecule has 30 heavy (non-hydrogen) atoms. The van der Waals surface area contributed by atoms with Crippen LogP contribution in [0.4, 0.5) is 5.69 Å². The molecule has 0 aromatic heterocycles. The van der Waals surface area contributed by atoms with E-state index in [1.807, 2.05) is 18.2 Å². The average Bonchev–Trinajstić information content (AvgIpc) is 2.78. The number of rotatable bonds is 8. The van der Waals surface area contributed by atoms with Crippen molar-refractivity contribution in [2.75, 3.05) is 47.0 Å². The quantitative estimate of drug-likeness (QED) is 0.482. The molecule has 0 radical (unpaired) electrons. The largest absolute Gasteiger partial charge is 0.497 e. The minimum atomic E-state index is -0.495. The lowest BCUT2D eigenvalue weighted by atomic mass is 10.1. The van der Waals surface area contributed by atoms with Crippen LogP contribution in [0.1, 0.15) is 5.56 Å². The van der Waals surface area contributed by atoms with Gasteiger partial charge in [0.2, 0.25) is 0 Å². The number of nitrogens with zero attached hydrogens (tertiary/aromatic N) is 3. The van der Waals surface area contributed by atoms with E-state index in [1.54, 1.807) is 25.2 Å². The first-order chi connectivity index (χ1) is 14.5. The molecular formula is C21H25N3O6. The minimum absolute atomic E-state index is 0.0680. The van der Waals surface area contributed by atoms with E-state index >= 15 is 0 Å². The van der Waals surface area contributed by atoms with Crippen molar-refractivity contribution >= 4 is 11.6 Å². The van der Waals surface area contributed by atoms with Gasteiger partial charge < -0.3 is 19.1 Å². The van der Waals surface area contributed by atoms with Crippen LogP contribution in [0, 0.1) is 10.1 Å². The molecule has 3 rings (SSSR count). The Kier molecular flexibility index (Phi) is 7.08. The number of hydrogen-bond donors (Lipinski definition) is 0. The first-order valence-corrected chi connectivity index (χ1v) is 9.58. The van der Waals surface area contributed by atoms with E-state index < -0.39 is 4.92 Å². The molecule has 1 amide bonds. The van der Waals surface area contributed by atoms with Crippen LogP contribution in [0.25, 0.3) is 0 Å². The Morgan fingerprint density at radius 1 is 1.03 bits per heavy atom. The number of carbonyl (C=O) groups is 1. The molecule has 9 nitrogen and oxygen atoms in total. The highest BCUT2D eigenvalue weighted by Crippen LogP contribution is 2.25. The van der Waals surface area contributed by atoms with Crippen molar-refractivity contribution in [3.05, 3.63) is 58.1 Å². The zero-order valence-corrected chi connectivity index (χ0v) is 17.1. The van der Waals surface area contributed by atoms with Gasteiger partial charge in [-0.2, -0.15) is 0 Å². The third-order valence-electron chi connectivity index (χ3n) is 5.00. The number of carbonyl (C=O) groups excluding carboxylic acids is 1. The molecule has 0 saturated carbocycles. The van der Waals surface area contributed by atoms with Crippen molar-refractivity contribution in [3.63, 3.8) is 0 Å². The normalized spacial score (nSPS) is 14.3. The van der Waals surface area contributed by atoms with E-state index in [0.717, 1.165) is 30.2 Å². The summed E-state index contributed by atoms with van der Waals surface area (Å²) in [7, 11) is 3.27. The van der Waals surface area contributed by atoms with Gasteiger partial charge in [-0.15, -0.1) is 0 Å². The highest BCUT2D eigenvalue weighted by molar-refractivity contribution is 5.78. The van der Waals surface area contributed by atoms with Crippen LogP contribution in [0.15, 0.2) is 42.5 Å². The van der Waals surface area contributed by atoms with E-state index in [2.05, 4.69) is 4.90 Å². The second kappa shape index (κ2) is 9.93. The van der Waals surface area contributed by atoms with Crippen molar-refractivity contribution in [1.29, 1.82) is 0 Å². The minimum Gasteiger partial charge on any atom is -0.497 e. The molecule has 1 aliphatic heterocycles. The summed E-state index contributed by atoms with van der Waals surface area (Å²) in [6.07, 6.45) is 0. The fourth-order valence-corrected chi connectivity index (χ4v) is 3.32. The van der Waals surface area contributed by atoms with Gasteiger partial charge >= 0.3 is 0 Å². The van der Waals surface area contributed by atoms with Crippen LogP contribution in [0.5, 0.6) is 17.2 Å². The Hall–Kier alpha value is -3.33. The van der Waals surface area contributed by atoms with Gasteiger partial charge in [0.15, 0.2) is 6.61 Å². The van der Waals surface area contributed by atoms with Crippen molar-refractivity contribution in [2.45, 2.75) is 6.54 Å². The zero-order valence-electron chi connectivity index (χ0n) is 17.1. The summed E-state index contributed by atoms with van der Waals surface area (Å²) < 4.78 is 16.2. The summed E-state index contributed by atoms with van der Waals surface area (Å²) in [4.78, 5) is 26.8. The van der Waals surface area contributed by atoms with Crippen LogP contribution < -0.4 is 14.2 Å². The van der Waals surface area contributed by atoms with Gasteiger partial charge in [-0.05, 0) is 24.3 Å².